The predicted molar refractivity (Wildman–Crippen MR) is 209 cm³/mol. The molecule has 57 heavy (non-hydrogen) atoms. The number of aryl methyl sites for hydroxylation is 1. The Morgan fingerprint density at radius 2 is 1.70 bits per heavy atom. The maximum absolute atomic E-state index is 13.4. The highest BCUT2D eigenvalue weighted by molar-refractivity contribution is 6.34. The maximum Gasteiger partial charge on any atom is 0.410 e. The van der Waals surface area contributed by atoms with Gasteiger partial charge in [0.05, 0.1) is 32.7 Å². The van der Waals surface area contributed by atoms with Gasteiger partial charge in [-0.2, -0.15) is 13.2 Å². The second-order valence-electron chi connectivity index (χ2n) is 14.4. The number of piperidine rings is 1. The first kappa shape index (κ1) is 42.1. The molecule has 300 valence electrons. The number of alkyl halides is 3. The van der Waals surface area contributed by atoms with Crippen LogP contribution in [0.25, 0.3) is 33.3 Å². The van der Waals surface area contributed by atoms with Gasteiger partial charge in [0.1, 0.15) is 18.0 Å². The van der Waals surface area contributed by atoms with Gasteiger partial charge in [-0.25, -0.2) is 14.2 Å². The molecule has 0 aliphatic carbocycles. The predicted octanol–water partition coefficient (Wildman–Crippen LogP) is 7.07. The number of rotatable bonds is 7. The molecule has 4 amide bonds. The Bertz CT molecular complexity index is 2320. The monoisotopic (exact) mass is 809 g/mol. The van der Waals surface area contributed by atoms with E-state index in [2.05, 4.69) is 28.7 Å². The number of nitrogens with two attached hydrogens (primary N) is 1. The zero-order valence-electron chi connectivity index (χ0n) is 31.7. The number of halogens is 5. The number of nitrogens with zero attached hydrogens (tertiary/aromatic N) is 4. The topological polar surface area (TPSA) is 152 Å². The summed E-state index contributed by atoms with van der Waals surface area (Å²) < 4.78 is 59.1. The van der Waals surface area contributed by atoms with E-state index in [0.717, 1.165) is 0 Å². The Balaban J connectivity index is 1.54. The summed E-state index contributed by atoms with van der Waals surface area (Å²) in [7, 11) is 3.37. The molecule has 17 heteroatoms. The van der Waals surface area contributed by atoms with Gasteiger partial charge >= 0.3 is 12.3 Å². The lowest BCUT2D eigenvalue weighted by Crippen LogP contribution is -2.48. The molecule has 0 radical (unpaired) electrons. The average molecular weight is 810 g/mol. The van der Waals surface area contributed by atoms with Crippen molar-refractivity contribution in [3.05, 3.63) is 77.2 Å². The van der Waals surface area contributed by atoms with E-state index in [1.807, 2.05) is 5.32 Å². The van der Waals surface area contributed by atoms with Crippen molar-refractivity contribution in [2.75, 3.05) is 37.7 Å². The number of pyridine rings is 1. The average Bonchev–Trinajstić information content (AvgIpc) is 3.46. The van der Waals surface area contributed by atoms with Crippen LogP contribution < -0.4 is 16.4 Å². The van der Waals surface area contributed by atoms with Crippen molar-refractivity contribution in [1.82, 2.24) is 24.7 Å². The highest BCUT2D eigenvalue weighted by atomic mass is 35.5. The molecule has 0 atom stereocenters. The quantitative estimate of drug-likeness (QED) is 0.103. The molecule has 1 fully saturated rings. The lowest BCUT2D eigenvalue weighted by Gasteiger charge is -2.36. The third-order valence-electron chi connectivity index (χ3n) is 9.14. The number of amides is 4. The summed E-state index contributed by atoms with van der Waals surface area (Å²) in [6, 6.07) is 10.4. The zero-order valence-corrected chi connectivity index (χ0v) is 32.5. The number of fused-ring (bicyclic) bond motifs is 1. The van der Waals surface area contributed by atoms with Gasteiger partial charge in [-0.15, -0.1) is 0 Å². The number of carbonyl (C=O) groups is 4. The van der Waals surface area contributed by atoms with E-state index in [9.17, 15) is 36.7 Å². The molecule has 4 aromatic rings. The molecule has 2 aromatic carbocycles. The Kier molecular flexibility index (Phi) is 12.2. The van der Waals surface area contributed by atoms with Gasteiger partial charge < -0.3 is 35.5 Å². The molecule has 0 spiro atoms. The van der Waals surface area contributed by atoms with Gasteiger partial charge in [-0.05, 0) is 69.0 Å². The fourth-order valence-electron chi connectivity index (χ4n) is 6.40. The molecule has 4 N–H and O–H groups in total. The Labute approximate surface area is 331 Å². The van der Waals surface area contributed by atoms with Gasteiger partial charge in [-0.1, -0.05) is 42.3 Å². The van der Waals surface area contributed by atoms with E-state index in [0.29, 0.717) is 64.8 Å². The number of nitrogen functional groups attached to an aromatic ring is 1. The molecule has 0 bridgehead atoms. The van der Waals surface area contributed by atoms with Crippen molar-refractivity contribution < 1.29 is 41.5 Å². The zero-order chi connectivity index (χ0) is 42.0. The fourth-order valence-corrected chi connectivity index (χ4v) is 6.66. The number of anilines is 2. The molecular formula is C40H40ClF4N7O5. The number of benzene rings is 2. The summed E-state index contributed by atoms with van der Waals surface area (Å²) in [6.07, 6.45) is -2.57. The van der Waals surface area contributed by atoms with E-state index in [-0.39, 0.29) is 28.1 Å². The first-order valence-corrected chi connectivity index (χ1v) is 18.0. The molecule has 2 aromatic heterocycles. The van der Waals surface area contributed by atoms with Crippen molar-refractivity contribution in [2.45, 2.75) is 51.4 Å². The second kappa shape index (κ2) is 16.6. The number of aromatic nitrogens is 2. The number of carbonyl (C=O) groups excluding carboxylic acids is 4. The minimum Gasteiger partial charge on any atom is -0.444 e. The van der Waals surface area contributed by atoms with E-state index in [1.165, 1.54) is 41.4 Å². The lowest BCUT2D eigenvalue weighted by molar-refractivity contribution is -0.126. The summed E-state index contributed by atoms with van der Waals surface area (Å²) in [6.45, 7) is 7.64. The number of hydrogen-bond acceptors (Lipinski definition) is 7. The summed E-state index contributed by atoms with van der Waals surface area (Å²) in [4.78, 5) is 58.0. The lowest BCUT2D eigenvalue weighted by atomic mass is 9.96. The van der Waals surface area contributed by atoms with Crippen molar-refractivity contribution in [3.63, 3.8) is 0 Å². The van der Waals surface area contributed by atoms with Crippen LogP contribution in [0.4, 0.5) is 33.9 Å². The SMILES string of the molecule is C=C(F)C(=O)Nc1ccc(-c2c(-c3ccc(C(=O)NCC(F)(F)F)c(Cl)c3)c3c(N)ncc(C#CC(=O)N(C)C4CCN(C(=O)OC(C)(C)C)CC4)c3n2C)cc1. The second-order valence-corrected chi connectivity index (χ2v) is 14.8. The normalized spacial score (nSPS) is 13.4. The molecule has 3 heterocycles. The summed E-state index contributed by atoms with van der Waals surface area (Å²) in [5.41, 5.74) is 8.70. The third kappa shape index (κ3) is 9.84. The largest absolute Gasteiger partial charge is 0.444 e. The molecule has 1 aliphatic heterocycles. The van der Waals surface area contributed by atoms with Gasteiger partial charge in [0.25, 0.3) is 17.7 Å². The van der Waals surface area contributed by atoms with Crippen LogP contribution in [-0.2, 0) is 21.4 Å². The van der Waals surface area contributed by atoms with Gasteiger partial charge in [-0.3, -0.25) is 14.4 Å². The van der Waals surface area contributed by atoms with Gasteiger partial charge in [0.2, 0.25) is 0 Å². The Morgan fingerprint density at radius 1 is 1.07 bits per heavy atom. The van der Waals surface area contributed by atoms with Crippen LogP contribution in [0.15, 0.2) is 61.1 Å². The van der Waals surface area contributed by atoms with Crippen LogP contribution in [0.5, 0.6) is 0 Å². The molecular weight excluding hydrogens is 770 g/mol. The fraction of sp³-hybridized carbons (Fsp3) is 0.325. The number of hydrogen-bond donors (Lipinski definition) is 3. The molecule has 5 rings (SSSR count). The molecule has 1 saturated heterocycles. The summed E-state index contributed by atoms with van der Waals surface area (Å²) in [5.74, 6) is 2.04. The van der Waals surface area contributed by atoms with Crippen molar-refractivity contribution in [3.8, 4) is 34.2 Å². The highest BCUT2D eigenvalue weighted by Crippen LogP contribution is 2.44. The summed E-state index contributed by atoms with van der Waals surface area (Å²) >= 11 is 6.51. The van der Waals surface area contributed by atoms with Crippen LogP contribution in [0.2, 0.25) is 5.02 Å². The van der Waals surface area contributed by atoms with Crippen LogP contribution in [0.3, 0.4) is 0 Å². The molecule has 1 aliphatic rings. The first-order chi connectivity index (χ1) is 26.6. The minimum absolute atomic E-state index is 0.0704. The van der Waals surface area contributed by atoms with Crippen LogP contribution in [0.1, 0.15) is 49.5 Å². The van der Waals surface area contributed by atoms with E-state index in [4.69, 9.17) is 22.1 Å². The molecule has 12 nitrogen and oxygen atoms in total. The van der Waals surface area contributed by atoms with Crippen LogP contribution >= 0.6 is 11.6 Å². The van der Waals surface area contributed by atoms with Crippen LogP contribution in [0, 0.1) is 11.8 Å². The first-order valence-electron chi connectivity index (χ1n) is 17.6. The Hall–Kier alpha value is -6.08. The highest BCUT2D eigenvalue weighted by Gasteiger charge is 2.31. The minimum atomic E-state index is -4.63. The number of nitrogens with one attached hydrogen (secondary N) is 2. The number of ether oxygens (including phenoxy) is 1. The van der Waals surface area contributed by atoms with E-state index in [1.54, 1.807) is 56.5 Å². The Morgan fingerprint density at radius 3 is 2.28 bits per heavy atom. The van der Waals surface area contributed by atoms with Crippen molar-refractivity contribution >= 4 is 57.8 Å². The van der Waals surface area contributed by atoms with Gasteiger partial charge in [0, 0.05) is 56.6 Å². The summed E-state index contributed by atoms with van der Waals surface area (Å²) in [5, 5.41) is 4.45. The van der Waals surface area contributed by atoms with Crippen LogP contribution in [-0.4, -0.2) is 87.7 Å². The third-order valence-corrected chi connectivity index (χ3v) is 9.45. The molecule has 0 unspecified atom stereocenters. The maximum atomic E-state index is 13.4. The standard InChI is InChI=1S/C40H40ClF4N7O5/c1-22(42)36(54)49-26-11-7-23(8-12-26)33-31(24-9-13-28(29(41)19-24)37(55)48-21-40(43,44)45)32-34(51(33)6)25(20-47-35(32)46)10-14-30(53)50(5)27-15-17-52(18-16-27)38(56)57-39(2,3)4/h7-9,11-13,19-20,27H,1,15-18,21H2,2-6H3,(H2,46,47)(H,48,55)(H,49,54). The van der Waals surface area contributed by atoms with Crippen molar-refractivity contribution in [2.24, 2.45) is 7.05 Å². The van der Waals surface area contributed by atoms with E-state index < -0.39 is 48.0 Å². The smallest absolute Gasteiger partial charge is 0.410 e. The number of likely N-dealkylation sites (tertiary alicyclic amines) is 1. The van der Waals surface area contributed by atoms with E-state index >= 15 is 0 Å². The molecule has 0 saturated carbocycles. The van der Waals surface area contributed by atoms with Gasteiger partial charge in [0.15, 0.2) is 5.83 Å². The van der Waals surface area contributed by atoms with Crippen molar-refractivity contribution in [1.29, 1.82) is 0 Å².